The van der Waals surface area contributed by atoms with Crippen LogP contribution in [0.25, 0.3) is 11.8 Å². The van der Waals surface area contributed by atoms with E-state index in [1.54, 1.807) is 0 Å². The largest absolute Gasteiger partial charge is 0.478 e. The van der Waals surface area contributed by atoms with Crippen molar-refractivity contribution >= 4 is 29.3 Å². The topological polar surface area (TPSA) is 124 Å². The third kappa shape index (κ3) is 2.78. The second-order valence-corrected chi connectivity index (χ2v) is 3.92. The maximum atomic E-state index is 10.8. The van der Waals surface area contributed by atoms with E-state index >= 15 is 0 Å². The Kier molecular flexibility index (Phi) is 3.71. The van der Waals surface area contributed by atoms with E-state index in [1.165, 1.54) is 24.3 Å². The van der Waals surface area contributed by atoms with E-state index in [9.17, 15) is 14.9 Å². The molecule has 1 aromatic carbocycles. The number of nitrogens with zero attached hydrogens (tertiary/aromatic N) is 5. The van der Waals surface area contributed by atoms with Crippen molar-refractivity contribution in [2.45, 2.75) is 0 Å². The minimum atomic E-state index is -1.17. The van der Waals surface area contributed by atoms with Gasteiger partial charge in [-0.15, -0.1) is 5.10 Å². The molecular weight excluding hydrogens is 290 g/mol. The summed E-state index contributed by atoms with van der Waals surface area (Å²) in [6.07, 6.45) is 2.02. The number of tetrazole rings is 1. The van der Waals surface area contributed by atoms with Crippen molar-refractivity contribution in [3.63, 3.8) is 0 Å². The number of benzene rings is 1. The van der Waals surface area contributed by atoms with Crippen LogP contribution in [0.4, 0.5) is 5.69 Å². The molecule has 0 unspecified atom stereocenters. The lowest BCUT2D eigenvalue weighted by molar-refractivity contribution is -0.384. The van der Waals surface area contributed by atoms with Crippen LogP contribution in [-0.4, -0.2) is 36.2 Å². The summed E-state index contributed by atoms with van der Waals surface area (Å²) in [4.78, 5) is 20.6. The Morgan fingerprint density at radius 1 is 1.50 bits per heavy atom. The van der Waals surface area contributed by atoms with Gasteiger partial charge in [-0.3, -0.25) is 10.1 Å². The lowest BCUT2D eigenvalue weighted by Gasteiger charge is -2.02. The first kappa shape index (κ1) is 13.6. The molecule has 1 aromatic heterocycles. The molecule has 0 fully saturated rings. The molecule has 10 heteroatoms. The number of nitro groups is 1. The average molecular weight is 296 g/mol. The summed E-state index contributed by atoms with van der Waals surface area (Å²) in [6.45, 7) is 0. The zero-order valence-electron chi connectivity index (χ0n) is 9.67. The zero-order valence-corrected chi connectivity index (χ0v) is 10.4. The Morgan fingerprint density at radius 3 is 2.90 bits per heavy atom. The fourth-order valence-electron chi connectivity index (χ4n) is 1.40. The Hall–Kier alpha value is -2.81. The predicted molar refractivity (Wildman–Crippen MR) is 67.5 cm³/mol. The van der Waals surface area contributed by atoms with Crippen LogP contribution < -0.4 is 0 Å². The highest BCUT2D eigenvalue weighted by Gasteiger charge is 2.15. The summed E-state index contributed by atoms with van der Waals surface area (Å²) in [5, 5.41) is 30.0. The lowest BCUT2D eigenvalue weighted by Crippen LogP contribution is -2.01. The lowest BCUT2D eigenvalue weighted by atomic mass is 10.3. The van der Waals surface area contributed by atoms with E-state index in [1.807, 2.05) is 0 Å². The minimum absolute atomic E-state index is 0.0190. The van der Waals surface area contributed by atoms with E-state index in [0.717, 1.165) is 10.8 Å². The molecule has 1 N–H and O–H groups in total. The van der Waals surface area contributed by atoms with Crippen molar-refractivity contribution < 1.29 is 14.8 Å². The normalized spacial score (nSPS) is 10.8. The number of carbonyl (C=O) groups is 1. The molecule has 0 bridgehead atoms. The summed E-state index contributed by atoms with van der Waals surface area (Å²) in [6, 6.07) is 4.00. The van der Waals surface area contributed by atoms with Crippen molar-refractivity contribution in [2.75, 3.05) is 0 Å². The molecule has 0 aliphatic carbocycles. The molecule has 0 radical (unpaired) electrons. The summed E-state index contributed by atoms with van der Waals surface area (Å²) < 4.78 is 1.16. The highest BCUT2D eigenvalue weighted by Crippen LogP contribution is 2.26. The molecule has 0 aliphatic heterocycles. The summed E-state index contributed by atoms with van der Waals surface area (Å²) in [7, 11) is 0. The van der Waals surface area contributed by atoms with E-state index in [0.29, 0.717) is 0 Å². The third-order valence-electron chi connectivity index (χ3n) is 2.24. The molecule has 102 valence electrons. The van der Waals surface area contributed by atoms with Crippen molar-refractivity contribution in [1.29, 1.82) is 0 Å². The molecule has 0 saturated carbocycles. The van der Waals surface area contributed by atoms with Crippen LogP contribution in [0.15, 0.2) is 24.3 Å². The first-order valence-electron chi connectivity index (χ1n) is 5.13. The van der Waals surface area contributed by atoms with Crippen molar-refractivity contribution in [3.8, 4) is 5.69 Å². The van der Waals surface area contributed by atoms with Gasteiger partial charge < -0.3 is 5.11 Å². The molecule has 0 saturated heterocycles. The molecule has 20 heavy (non-hydrogen) atoms. The number of hydrogen-bond acceptors (Lipinski definition) is 6. The van der Waals surface area contributed by atoms with Gasteiger partial charge in [-0.25, -0.2) is 4.79 Å². The number of aliphatic carboxylic acids is 1. The smallest absolute Gasteiger partial charge is 0.328 e. The van der Waals surface area contributed by atoms with Crippen LogP contribution in [0.1, 0.15) is 5.82 Å². The van der Waals surface area contributed by atoms with Crippen LogP contribution in [-0.2, 0) is 4.79 Å². The van der Waals surface area contributed by atoms with Crippen molar-refractivity contribution in [2.24, 2.45) is 0 Å². The first-order valence-corrected chi connectivity index (χ1v) is 5.50. The summed E-state index contributed by atoms with van der Waals surface area (Å²) in [5.74, 6) is -1.05. The van der Waals surface area contributed by atoms with Gasteiger partial charge in [0.05, 0.1) is 10.6 Å². The number of carboxylic acid groups (broad SMARTS) is 1. The maximum absolute atomic E-state index is 10.8. The number of halogens is 1. The van der Waals surface area contributed by atoms with Gasteiger partial charge in [0.1, 0.15) is 5.02 Å². The second kappa shape index (κ2) is 5.45. The first-order chi connectivity index (χ1) is 9.49. The van der Waals surface area contributed by atoms with E-state index in [-0.39, 0.29) is 22.2 Å². The Bertz CT molecular complexity index is 711. The quantitative estimate of drug-likeness (QED) is 0.512. The van der Waals surface area contributed by atoms with Gasteiger partial charge in [0.2, 0.25) is 0 Å². The number of nitro benzene ring substituents is 1. The molecule has 1 heterocycles. The average Bonchev–Trinajstić information content (AvgIpc) is 2.85. The minimum Gasteiger partial charge on any atom is -0.478 e. The number of carboxylic acids is 1. The van der Waals surface area contributed by atoms with Crippen LogP contribution in [0.2, 0.25) is 5.02 Å². The van der Waals surface area contributed by atoms with E-state index < -0.39 is 10.9 Å². The van der Waals surface area contributed by atoms with Crippen LogP contribution in [0.5, 0.6) is 0 Å². The molecule has 9 nitrogen and oxygen atoms in total. The van der Waals surface area contributed by atoms with E-state index in [4.69, 9.17) is 16.7 Å². The number of aromatic nitrogens is 4. The van der Waals surface area contributed by atoms with Gasteiger partial charge in [-0.1, -0.05) is 11.6 Å². The fourth-order valence-corrected chi connectivity index (χ4v) is 1.59. The monoisotopic (exact) mass is 295 g/mol. The van der Waals surface area contributed by atoms with Gasteiger partial charge in [-0.2, -0.15) is 4.68 Å². The SMILES string of the molecule is O=C(O)/C=C/c1nnnn1-c1ccc(Cl)c([N+](=O)[O-])c1. The highest BCUT2D eigenvalue weighted by molar-refractivity contribution is 6.32. The van der Waals surface area contributed by atoms with Gasteiger partial charge in [0.25, 0.3) is 5.69 Å². The zero-order chi connectivity index (χ0) is 14.7. The van der Waals surface area contributed by atoms with Crippen LogP contribution >= 0.6 is 11.6 Å². The Labute approximate surface area is 116 Å². The Morgan fingerprint density at radius 2 is 2.25 bits per heavy atom. The second-order valence-electron chi connectivity index (χ2n) is 3.51. The molecule has 2 rings (SSSR count). The number of rotatable bonds is 4. The molecule has 0 amide bonds. The van der Waals surface area contributed by atoms with Crippen LogP contribution in [0.3, 0.4) is 0 Å². The molecule has 0 atom stereocenters. The maximum Gasteiger partial charge on any atom is 0.328 e. The fraction of sp³-hybridized carbons (Fsp3) is 0. The number of hydrogen-bond donors (Lipinski definition) is 1. The Balaban J connectivity index is 2.47. The third-order valence-corrected chi connectivity index (χ3v) is 2.56. The van der Waals surface area contributed by atoms with Crippen LogP contribution in [0, 0.1) is 10.1 Å². The van der Waals surface area contributed by atoms with E-state index in [2.05, 4.69) is 15.5 Å². The van der Waals surface area contributed by atoms with Crippen molar-refractivity contribution in [1.82, 2.24) is 20.2 Å². The van der Waals surface area contributed by atoms with Gasteiger partial charge in [0.15, 0.2) is 5.82 Å². The highest BCUT2D eigenvalue weighted by atomic mass is 35.5. The summed E-state index contributed by atoms with van der Waals surface area (Å²) in [5.41, 5.74) is -0.0102. The van der Waals surface area contributed by atoms with Gasteiger partial charge in [-0.05, 0) is 28.6 Å². The molecule has 0 aliphatic rings. The van der Waals surface area contributed by atoms with Gasteiger partial charge >= 0.3 is 5.97 Å². The summed E-state index contributed by atoms with van der Waals surface area (Å²) >= 11 is 5.70. The molecular formula is C10H6ClN5O4. The predicted octanol–water partition coefficient (Wildman–Crippen LogP) is 1.32. The standard InChI is InChI=1S/C10H6ClN5O4/c11-7-2-1-6(5-8(7)16(19)20)15-9(12-13-14-15)3-4-10(17)18/h1-5H,(H,17,18)/b4-3+. The molecule has 0 spiro atoms. The van der Waals surface area contributed by atoms with Gasteiger partial charge in [0, 0.05) is 12.1 Å². The van der Waals surface area contributed by atoms with Crippen molar-refractivity contribution in [3.05, 3.63) is 45.2 Å². The molecule has 2 aromatic rings.